The molecule has 0 saturated carbocycles. The van der Waals surface area contributed by atoms with Crippen LogP contribution in [0.5, 0.6) is 5.88 Å². The summed E-state index contributed by atoms with van der Waals surface area (Å²) < 4.78 is 30.1. The molecule has 7 nitrogen and oxygen atoms in total. The van der Waals surface area contributed by atoms with Crippen LogP contribution in [0.25, 0.3) is 0 Å². The molecule has 0 saturated heterocycles. The number of fused-ring (bicyclic) bond motifs is 1. The lowest BCUT2D eigenvalue weighted by Gasteiger charge is -2.22. The molecule has 0 spiro atoms. The fourth-order valence-corrected chi connectivity index (χ4v) is 2.32. The van der Waals surface area contributed by atoms with Crippen LogP contribution in [0.3, 0.4) is 0 Å². The van der Waals surface area contributed by atoms with Gasteiger partial charge in [0.05, 0.1) is 17.8 Å². The van der Waals surface area contributed by atoms with Gasteiger partial charge in [0.25, 0.3) is 5.91 Å². The number of nitrogens with one attached hydrogen (secondary N) is 1. The zero-order valence-corrected chi connectivity index (χ0v) is 12.4. The third kappa shape index (κ3) is 3.62. The van der Waals surface area contributed by atoms with Crippen molar-refractivity contribution in [1.82, 2.24) is 19.7 Å². The number of nitrogens with zero attached hydrogens (tertiary/aromatic N) is 4. The number of amides is 1. The third-order valence-corrected chi connectivity index (χ3v) is 3.44. The first-order valence-corrected chi connectivity index (χ1v) is 6.99. The van der Waals surface area contributed by atoms with Gasteiger partial charge in [0.1, 0.15) is 0 Å². The first-order chi connectivity index (χ1) is 11.0. The van der Waals surface area contributed by atoms with E-state index in [1.165, 1.54) is 18.3 Å². The lowest BCUT2D eigenvalue weighted by molar-refractivity contribution is -0.0528. The van der Waals surface area contributed by atoms with Crippen molar-refractivity contribution in [2.75, 3.05) is 18.9 Å². The first kappa shape index (κ1) is 15.3. The van der Waals surface area contributed by atoms with Crippen LogP contribution in [-0.4, -0.2) is 45.8 Å². The van der Waals surface area contributed by atoms with Gasteiger partial charge in [0.15, 0.2) is 5.82 Å². The molecule has 2 aromatic heterocycles. The van der Waals surface area contributed by atoms with Gasteiger partial charge in [-0.3, -0.25) is 14.4 Å². The second kappa shape index (κ2) is 6.29. The maximum absolute atomic E-state index is 12.1. The van der Waals surface area contributed by atoms with E-state index in [0.29, 0.717) is 5.82 Å². The van der Waals surface area contributed by atoms with Gasteiger partial charge in [-0.25, -0.2) is 4.98 Å². The number of anilines is 1. The van der Waals surface area contributed by atoms with Crippen LogP contribution in [0.2, 0.25) is 0 Å². The van der Waals surface area contributed by atoms with E-state index >= 15 is 0 Å². The summed E-state index contributed by atoms with van der Waals surface area (Å²) in [5.74, 6) is -0.199. The van der Waals surface area contributed by atoms with Crippen molar-refractivity contribution in [2.24, 2.45) is 0 Å². The van der Waals surface area contributed by atoms with E-state index < -0.39 is 12.5 Å². The SMILES string of the molecule is CN1CCn2nc(NC(=O)c3ccc(OC(F)F)nc3)cc2C1. The van der Waals surface area contributed by atoms with Gasteiger partial charge in [0.2, 0.25) is 5.88 Å². The summed E-state index contributed by atoms with van der Waals surface area (Å²) in [6, 6.07) is 4.40. The second-order valence-corrected chi connectivity index (χ2v) is 5.20. The fourth-order valence-electron chi connectivity index (χ4n) is 2.32. The van der Waals surface area contributed by atoms with E-state index in [1.807, 2.05) is 17.8 Å². The normalized spacial score (nSPS) is 14.6. The topological polar surface area (TPSA) is 72.3 Å². The minimum absolute atomic E-state index is 0.231. The van der Waals surface area contributed by atoms with Crippen LogP contribution >= 0.6 is 0 Å². The van der Waals surface area contributed by atoms with Crippen LogP contribution in [0, 0.1) is 0 Å². The summed E-state index contributed by atoms with van der Waals surface area (Å²) >= 11 is 0. The van der Waals surface area contributed by atoms with Crippen LogP contribution in [0.4, 0.5) is 14.6 Å². The van der Waals surface area contributed by atoms with Crippen molar-refractivity contribution < 1.29 is 18.3 Å². The Balaban J connectivity index is 1.67. The molecule has 1 aliphatic rings. The Morgan fingerprint density at radius 3 is 2.91 bits per heavy atom. The standard InChI is InChI=1S/C14H15F2N5O2/c1-20-4-5-21-10(8-20)6-11(19-21)18-13(22)9-2-3-12(17-7-9)23-14(15)16/h2-3,6-7,14H,4-5,8H2,1H3,(H,18,19,22). The average Bonchev–Trinajstić information content (AvgIpc) is 2.88. The highest BCUT2D eigenvalue weighted by molar-refractivity contribution is 6.03. The Morgan fingerprint density at radius 2 is 2.22 bits per heavy atom. The van der Waals surface area contributed by atoms with Crippen molar-refractivity contribution in [3.63, 3.8) is 0 Å². The third-order valence-electron chi connectivity index (χ3n) is 3.44. The number of ether oxygens (including phenoxy) is 1. The molecule has 0 bridgehead atoms. The summed E-state index contributed by atoms with van der Waals surface area (Å²) in [6.07, 6.45) is 1.18. The number of carbonyl (C=O) groups is 1. The van der Waals surface area contributed by atoms with E-state index in [4.69, 9.17) is 0 Å². The molecule has 23 heavy (non-hydrogen) atoms. The molecule has 9 heteroatoms. The van der Waals surface area contributed by atoms with Gasteiger partial charge >= 0.3 is 6.61 Å². The highest BCUT2D eigenvalue weighted by Crippen LogP contribution is 2.17. The molecule has 0 radical (unpaired) electrons. The maximum Gasteiger partial charge on any atom is 0.388 e. The van der Waals surface area contributed by atoms with E-state index in [1.54, 1.807) is 0 Å². The molecule has 122 valence electrons. The Morgan fingerprint density at radius 1 is 1.39 bits per heavy atom. The van der Waals surface area contributed by atoms with Gasteiger partial charge in [-0.05, 0) is 13.1 Å². The van der Waals surface area contributed by atoms with Crippen LogP contribution in [-0.2, 0) is 13.1 Å². The molecule has 1 amide bonds. The summed E-state index contributed by atoms with van der Waals surface area (Å²) in [5.41, 5.74) is 1.25. The zero-order valence-electron chi connectivity index (χ0n) is 12.4. The van der Waals surface area contributed by atoms with Crippen LogP contribution in [0.1, 0.15) is 16.1 Å². The van der Waals surface area contributed by atoms with E-state index in [9.17, 15) is 13.6 Å². The van der Waals surface area contributed by atoms with Crippen molar-refractivity contribution in [1.29, 1.82) is 0 Å². The number of hydrogen-bond donors (Lipinski definition) is 1. The number of hydrogen-bond acceptors (Lipinski definition) is 5. The predicted molar refractivity (Wildman–Crippen MR) is 77.4 cm³/mol. The molecule has 0 aliphatic carbocycles. The average molecular weight is 323 g/mol. The Labute approximate surface area is 130 Å². The van der Waals surface area contributed by atoms with E-state index in [0.717, 1.165) is 25.3 Å². The minimum Gasteiger partial charge on any atom is -0.417 e. The van der Waals surface area contributed by atoms with Crippen LogP contribution < -0.4 is 10.1 Å². The van der Waals surface area contributed by atoms with Crippen molar-refractivity contribution in [3.05, 3.63) is 35.7 Å². The van der Waals surface area contributed by atoms with Crippen molar-refractivity contribution in [3.8, 4) is 5.88 Å². The number of rotatable bonds is 4. The number of aromatic nitrogens is 3. The lowest BCUT2D eigenvalue weighted by atomic mass is 10.2. The molecule has 0 unspecified atom stereocenters. The van der Waals surface area contributed by atoms with Gasteiger partial charge in [0, 0.05) is 31.4 Å². The van der Waals surface area contributed by atoms with Crippen molar-refractivity contribution in [2.45, 2.75) is 19.7 Å². The molecule has 0 atom stereocenters. The molecular weight excluding hydrogens is 308 g/mol. The maximum atomic E-state index is 12.1. The number of carbonyl (C=O) groups excluding carboxylic acids is 1. The number of halogens is 2. The van der Waals surface area contributed by atoms with E-state index in [2.05, 4.69) is 25.0 Å². The summed E-state index contributed by atoms with van der Waals surface area (Å²) in [5, 5.41) is 6.99. The number of likely N-dealkylation sites (N-methyl/N-ethyl adjacent to an activating group) is 1. The minimum atomic E-state index is -2.95. The largest absolute Gasteiger partial charge is 0.417 e. The predicted octanol–water partition coefficient (Wildman–Crippen LogP) is 1.58. The summed E-state index contributed by atoms with van der Waals surface area (Å²) in [6.45, 7) is -0.512. The highest BCUT2D eigenvalue weighted by Gasteiger charge is 2.17. The fraction of sp³-hybridized carbons (Fsp3) is 0.357. The lowest BCUT2D eigenvalue weighted by Crippen LogP contribution is -2.30. The highest BCUT2D eigenvalue weighted by atomic mass is 19.3. The van der Waals surface area contributed by atoms with Crippen molar-refractivity contribution >= 4 is 11.7 Å². The first-order valence-electron chi connectivity index (χ1n) is 6.99. The zero-order chi connectivity index (χ0) is 16.4. The molecule has 2 aromatic rings. The quantitative estimate of drug-likeness (QED) is 0.925. The summed E-state index contributed by atoms with van der Waals surface area (Å²) in [4.78, 5) is 17.9. The van der Waals surface area contributed by atoms with Gasteiger partial charge in [-0.1, -0.05) is 0 Å². The monoisotopic (exact) mass is 323 g/mol. The Hall–Kier alpha value is -2.55. The Kier molecular flexibility index (Phi) is 4.20. The number of pyridine rings is 1. The molecule has 0 aromatic carbocycles. The summed E-state index contributed by atoms with van der Waals surface area (Å²) in [7, 11) is 2.02. The molecule has 1 N–H and O–H groups in total. The van der Waals surface area contributed by atoms with Gasteiger partial charge in [-0.15, -0.1) is 0 Å². The molecule has 0 fully saturated rings. The van der Waals surface area contributed by atoms with E-state index in [-0.39, 0.29) is 11.4 Å². The molecule has 1 aliphatic heterocycles. The number of alkyl halides is 2. The molecule has 3 rings (SSSR count). The van der Waals surface area contributed by atoms with Crippen LogP contribution in [0.15, 0.2) is 24.4 Å². The van der Waals surface area contributed by atoms with Gasteiger partial charge < -0.3 is 10.1 Å². The second-order valence-electron chi connectivity index (χ2n) is 5.20. The molecule has 3 heterocycles. The Bertz CT molecular complexity index is 702. The van der Waals surface area contributed by atoms with Gasteiger partial charge in [-0.2, -0.15) is 13.9 Å². The molecular formula is C14H15F2N5O2. The smallest absolute Gasteiger partial charge is 0.388 e.